The van der Waals surface area contributed by atoms with E-state index in [0.717, 1.165) is 24.0 Å². The third kappa shape index (κ3) is 3.06. The maximum Gasteiger partial charge on any atom is 0.257 e. The van der Waals surface area contributed by atoms with E-state index in [1.54, 1.807) is 15.8 Å². The van der Waals surface area contributed by atoms with Gasteiger partial charge in [0.2, 0.25) is 0 Å². The number of rotatable bonds is 4. The average Bonchev–Trinajstić information content (AvgIpc) is 2.53. The maximum absolute atomic E-state index is 11.9. The summed E-state index contributed by atoms with van der Waals surface area (Å²) in [6, 6.07) is 0. The summed E-state index contributed by atoms with van der Waals surface area (Å²) in [5.41, 5.74) is 1.47. The molecule has 0 aliphatic carbocycles. The molecule has 0 radical (unpaired) electrons. The highest BCUT2D eigenvalue weighted by Gasteiger charge is 2.16. The van der Waals surface area contributed by atoms with E-state index in [0.29, 0.717) is 5.56 Å². The summed E-state index contributed by atoms with van der Waals surface area (Å²) in [6.45, 7) is 2.62. The van der Waals surface area contributed by atoms with E-state index in [2.05, 4.69) is 21.0 Å². The van der Waals surface area contributed by atoms with Crippen molar-refractivity contribution in [3.63, 3.8) is 0 Å². The Hall–Kier alpha value is -0.840. The van der Waals surface area contributed by atoms with Gasteiger partial charge in [-0.3, -0.25) is 9.48 Å². The smallest absolute Gasteiger partial charge is 0.257 e. The van der Waals surface area contributed by atoms with Crippen LogP contribution in [0.15, 0.2) is 6.20 Å². The fourth-order valence-corrected chi connectivity index (χ4v) is 1.66. The number of nitrogens with zero attached hydrogens (tertiary/aromatic N) is 3. The van der Waals surface area contributed by atoms with Crippen LogP contribution in [0.2, 0.25) is 0 Å². The van der Waals surface area contributed by atoms with Crippen LogP contribution in [-0.4, -0.2) is 39.5 Å². The van der Waals surface area contributed by atoms with E-state index in [9.17, 15) is 4.79 Å². The molecule has 0 saturated carbocycles. The molecule has 0 aliphatic rings. The average molecular weight is 274 g/mol. The summed E-state index contributed by atoms with van der Waals surface area (Å²) < 4.78 is 1.67. The second-order valence-electron chi connectivity index (χ2n) is 3.57. The quantitative estimate of drug-likeness (QED) is 0.782. The van der Waals surface area contributed by atoms with Gasteiger partial charge in [0.05, 0.1) is 11.3 Å². The second-order valence-corrected chi connectivity index (χ2v) is 4.36. The van der Waals surface area contributed by atoms with Crippen molar-refractivity contribution < 1.29 is 4.79 Å². The van der Waals surface area contributed by atoms with Gasteiger partial charge in [-0.25, -0.2) is 0 Å². The van der Waals surface area contributed by atoms with Crippen LogP contribution < -0.4 is 0 Å². The molecule has 0 bridgehead atoms. The van der Waals surface area contributed by atoms with Gasteiger partial charge in [0.25, 0.3) is 5.91 Å². The number of carbonyl (C=O) groups is 1. The fourth-order valence-electron chi connectivity index (χ4n) is 1.41. The van der Waals surface area contributed by atoms with Crippen LogP contribution in [0.5, 0.6) is 0 Å². The van der Waals surface area contributed by atoms with Crippen molar-refractivity contribution in [3.8, 4) is 0 Å². The first-order chi connectivity index (χ1) is 7.06. The Bertz CT molecular complexity index is 348. The first-order valence-electron chi connectivity index (χ1n) is 4.88. The lowest BCUT2D eigenvalue weighted by molar-refractivity contribution is 0.0795. The van der Waals surface area contributed by atoms with Gasteiger partial charge in [-0.1, -0.05) is 15.9 Å². The summed E-state index contributed by atoms with van der Waals surface area (Å²) in [6.07, 6.45) is 2.73. The molecule has 5 heteroatoms. The molecule has 4 nitrogen and oxygen atoms in total. The molecule has 1 amide bonds. The zero-order chi connectivity index (χ0) is 11.4. The number of halogens is 1. The molecule has 84 valence electrons. The van der Waals surface area contributed by atoms with Crippen molar-refractivity contribution in [3.05, 3.63) is 17.5 Å². The highest BCUT2D eigenvalue weighted by molar-refractivity contribution is 9.09. The Morgan fingerprint density at radius 3 is 2.80 bits per heavy atom. The molecular formula is C10H16BrN3O. The number of hydrogen-bond acceptors (Lipinski definition) is 2. The normalized spacial score (nSPS) is 10.4. The number of aromatic nitrogens is 2. The van der Waals surface area contributed by atoms with Crippen LogP contribution in [0.1, 0.15) is 22.5 Å². The molecule has 1 aromatic rings. The number of carbonyl (C=O) groups excluding carboxylic acids is 1. The minimum Gasteiger partial charge on any atom is -0.342 e. The molecule has 0 N–H and O–H groups in total. The molecule has 15 heavy (non-hydrogen) atoms. The number of aryl methyl sites for hydroxylation is 2. The Balaban J connectivity index is 2.71. The topological polar surface area (TPSA) is 38.1 Å². The van der Waals surface area contributed by atoms with Gasteiger partial charge in [0, 0.05) is 32.2 Å². The van der Waals surface area contributed by atoms with E-state index in [1.807, 2.05) is 21.0 Å². The molecule has 0 aromatic carbocycles. The Morgan fingerprint density at radius 1 is 1.67 bits per heavy atom. The Morgan fingerprint density at radius 2 is 2.33 bits per heavy atom. The van der Waals surface area contributed by atoms with Gasteiger partial charge in [-0.05, 0) is 13.3 Å². The zero-order valence-electron chi connectivity index (χ0n) is 9.33. The van der Waals surface area contributed by atoms with E-state index in [-0.39, 0.29) is 5.91 Å². The van der Waals surface area contributed by atoms with Crippen molar-refractivity contribution in [2.24, 2.45) is 7.05 Å². The molecular weight excluding hydrogens is 258 g/mol. The van der Waals surface area contributed by atoms with Crippen molar-refractivity contribution in [2.75, 3.05) is 18.9 Å². The van der Waals surface area contributed by atoms with Gasteiger partial charge in [-0.2, -0.15) is 5.10 Å². The lowest BCUT2D eigenvalue weighted by atomic mass is 10.2. The van der Waals surface area contributed by atoms with Crippen LogP contribution in [-0.2, 0) is 7.05 Å². The highest BCUT2D eigenvalue weighted by Crippen LogP contribution is 2.08. The first kappa shape index (κ1) is 12.2. The van der Waals surface area contributed by atoms with Crippen molar-refractivity contribution >= 4 is 21.8 Å². The largest absolute Gasteiger partial charge is 0.342 e. The fraction of sp³-hybridized carbons (Fsp3) is 0.600. The summed E-state index contributed by atoms with van der Waals surface area (Å²) >= 11 is 3.35. The maximum atomic E-state index is 11.9. The Kier molecular flexibility index (Phi) is 4.32. The summed E-state index contributed by atoms with van der Waals surface area (Å²) in [4.78, 5) is 13.7. The van der Waals surface area contributed by atoms with Crippen LogP contribution in [0.25, 0.3) is 0 Å². The minimum atomic E-state index is 0.0431. The molecule has 0 spiro atoms. The van der Waals surface area contributed by atoms with E-state index in [1.165, 1.54) is 0 Å². The van der Waals surface area contributed by atoms with Crippen LogP contribution in [0.4, 0.5) is 0 Å². The Labute approximate surface area is 98.4 Å². The third-order valence-electron chi connectivity index (χ3n) is 2.22. The molecule has 0 fully saturated rings. The van der Waals surface area contributed by atoms with E-state index >= 15 is 0 Å². The number of alkyl halides is 1. The summed E-state index contributed by atoms with van der Waals surface area (Å²) in [5.74, 6) is 0.0431. The first-order valence-corrected chi connectivity index (χ1v) is 6.00. The summed E-state index contributed by atoms with van der Waals surface area (Å²) in [5, 5.41) is 5.07. The molecule has 0 aliphatic heterocycles. The molecule has 1 aromatic heterocycles. The van der Waals surface area contributed by atoms with E-state index < -0.39 is 0 Å². The monoisotopic (exact) mass is 273 g/mol. The number of amides is 1. The molecule has 1 rings (SSSR count). The van der Waals surface area contributed by atoms with Gasteiger partial charge < -0.3 is 4.90 Å². The van der Waals surface area contributed by atoms with Crippen LogP contribution in [0.3, 0.4) is 0 Å². The minimum absolute atomic E-state index is 0.0431. The highest BCUT2D eigenvalue weighted by atomic mass is 79.9. The third-order valence-corrected chi connectivity index (χ3v) is 2.78. The van der Waals surface area contributed by atoms with Gasteiger partial charge in [0.1, 0.15) is 0 Å². The second kappa shape index (κ2) is 5.30. The predicted molar refractivity (Wildman–Crippen MR) is 63.3 cm³/mol. The van der Waals surface area contributed by atoms with Crippen molar-refractivity contribution in [2.45, 2.75) is 13.3 Å². The van der Waals surface area contributed by atoms with Gasteiger partial charge >= 0.3 is 0 Å². The SMILES string of the molecule is Cc1nn(C)cc1C(=O)N(C)CCCBr. The van der Waals surface area contributed by atoms with Crippen LogP contribution in [0, 0.1) is 6.92 Å². The lowest BCUT2D eigenvalue weighted by Crippen LogP contribution is -2.28. The van der Waals surface area contributed by atoms with Crippen molar-refractivity contribution in [1.82, 2.24) is 14.7 Å². The van der Waals surface area contributed by atoms with E-state index in [4.69, 9.17) is 0 Å². The van der Waals surface area contributed by atoms with Crippen LogP contribution >= 0.6 is 15.9 Å². The standard InChI is InChI=1S/C10H16BrN3O/c1-8-9(7-14(3)12-8)10(15)13(2)6-4-5-11/h7H,4-6H2,1-3H3. The van der Waals surface area contributed by atoms with Gasteiger partial charge in [0.15, 0.2) is 0 Å². The molecule has 0 atom stereocenters. The molecule has 0 saturated heterocycles. The number of hydrogen-bond donors (Lipinski definition) is 0. The van der Waals surface area contributed by atoms with Crippen molar-refractivity contribution in [1.29, 1.82) is 0 Å². The molecule has 0 unspecified atom stereocenters. The predicted octanol–water partition coefficient (Wildman–Crippen LogP) is 1.59. The molecule has 1 heterocycles. The van der Waals surface area contributed by atoms with Gasteiger partial charge in [-0.15, -0.1) is 0 Å². The lowest BCUT2D eigenvalue weighted by Gasteiger charge is -2.15. The summed E-state index contributed by atoms with van der Waals surface area (Å²) in [7, 11) is 3.64. The zero-order valence-corrected chi connectivity index (χ0v) is 10.9.